The molecule has 0 radical (unpaired) electrons. The summed E-state index contributed by atoms with van der Waals surface area (Å²) in [4.78, 5) is 27.7. The molecular weight excluding hydrogens is 199 g/mol. The molecule has 0 bridgehead atoms. The molecule has 0 aromatic carbocycles. The van der Waals surface area contributed by atoms with Crippen molar-refractivity contribution < 1.29 is 29.4 Å². The SMILES string of the molecule is CCCCC(O)(C(=O)O)P(=O)(O)O. The third-order valence-electron chi connectivity index (χ3n) is 1.70. The van der Waals surface area contributed by atoms with Crippen LogP contribution in [0.5, 0.6) is 0 Å². The maximum absolute atomic E-state index is 10.7. The predicted octanol–water partition coefficient (Wildman–Crippen LogP) is 0.127. The van der Waals surface area contributed by atoms with Gasteiger partial charge in [0.05, 0.1) is 0 Å². The lowest BCUT2D eigenvalue weighted by atomic mass is 10.1. The molecule has 1 unspecified atom stereocenters. The van der Waals surface area contributed by atoms with Crippen LogP contribution in [0.4, 0.5) is 0 Å². The summed E-state index contributed by atoms with van der Waals surface area (Å²) in [6.45, 7) is 1.72. The van der Waals surface area contributed by atoms with Crippen LogP contribution in [-0.4, -0.2) is 31.3 Å². The number of unbranched alkanes of at least 4 members (excludes halogenated alkanes) is 1. The van der Waals surface area contributed by atoms with Crippen molar-refractivity contribution in [3.05, 3.63) is 0 Å². The predicted molar refractivity (Wildman–Crippen MR) is 44.2 cm³/mol. The van der Waals surface area contributed by atoms with Crippen LogP contribution in [0.15, 0.2) is 0 Å². The van der Waals surface area contributed by atoms with Gasteiger partial charge in [-0.15, -0.1) is 0 Å². The van der Waals surface area contributed by atoms with Gasteiger partial charge in [-0.2, -0.15) is 0 Å². The number of hydrogen-bond donors (Lipinski definition) is 4. The second kappa shape index (κ2) is 4.19. The number of aliphatic hydroxyl groups is 1. The van der Waals surface area contributed by atoms with E-state index in [1.165, 1.54) is 0 Å². The van der Waals surface area contributed by atoms with Crippen LogP contribution in [0.25, 0.3) is 0 Å². The quantitative estimate of drug-likeness (QED) is 0.481. The van der Waals surface area contributed by atoms with E-state index in [2.05, 4.69) is 0 Å². The van der Waals surface area contributed by atoms with Crippen molar-refractivity contribution in [3.8, 4) is 0 Å². The maximum atomic E-state index is 10.7. The average Bonchev–Trinajstić information content (AvgIpc) is 1.97. The fraction of sp³-hybridized carbons (Fsp3) is 0.833. The summed E-state index contributed by atoms with van der Waals surface area (Å²) in [5.74, 6) is -1.88. The molecule has 7 heteroatoms. The van der Waals surface area contributed by atoms with Gasteiger partial charge < -0.3 is 20.0 Å². The molecule has 78 valence electrons. The van der Waals surface area contributed by atoms with Gasteiger partial charge in [-0.3, -0.25) is 4.57 Å². The summed E-state index contributed by atoms with van der Waals surface area (Å²) in [7, 11) is -5.02. The number of aliphatic carboxylic acids is 1. The normalized spacial score (nSPS) is 16.6. The summed E-state index contributed by atoms with van der Waals surface area (Å²) in [6, 6.07) is 0. The van der Waals surface area contributed by atoms with E-state index in [-0.39, 0.29) is 6.42 Å². The van der Waals surface area contributed by atoms with Gasteiger partial charge in [-0.1, -0.05) is 13.3 Å². The van der Waals surface area contributed by atoms with Gasteiger partial charge in [0.2, 0.25) is 0 Å². The molecule has 0 saturated heterocycles. The van der Waals surface area contributed by atoms with Crippen molar-refractivity contribution in [3.63, 3.8) is 0 Å². The molecule has 6 nitrogen and oxygen atoms in total. The molecule has 0 spiro atoms. The Morgan fingerprint density at radius 1 is 1.46 bits per heavy atom. The first-order valence-corrected chi connectivity index (χ1v) is 5.38. The molecule has 0 heterocycles. The van der Waals surface area contributed by atoms with Crippen molar-refractivity contribution in [2.24, 2.45) is 0 Å². The van der Waals surface area contributed by atoms with Crippen LogP contribution in [0, 0.1) is 0 Å². The summed E-state index contributed by atoms with van der Waals surface area (Å²) in [5, 5.41) is 14.7. The highest BCUT2D eigenvalue weighted by Crippen LogP contribution is 2.51. The van der Waals surface area contributed by atoms with Crippen molar-refractivity contribution in [1.82, 2.24) is 0 Å². The average molecular weight is 212 g/mol. The Balaban J connectivity index is 4.75. The number of carboxylic acids is 1. The Labute approximate surface area is 75.4 Å². The van der Waals surface area contributed by atoms with E-state index in [1.807, 2.05) is 0 Å². The van der Waals surface area contributed by atoms with Gasteiger partial charge >= 0.3 is 13.6 Å². The van der Waals surface area contributed by atoms with Crippen molar-refractivity contribution in [2.75, 3.05) is 0 Å². The number of carboxylic acid groups (broad SMARTS) is 1. The van der Waals surface area contributed by atoms with Crippen LogP contribution in [0.2, 0.25) is 0 Å². The first-order valence-electron chi connectivity index (χ1n) is 3.77. The zero-order valence-electron chi connectivity index (χ0n) is 7.17. The lowest BCUT2D eigenvalue weighted by Gasteiger charge is -2.23. The lowest BCUT2D eigenvalue weighted by Crippen LogP contribution is -2.38. The molecule has 13 heavy (non-hydrogen) atoms. The second-order valence-electron chi connectivity index (χ2n) is 2.77. The van der Waals surface area contributed by atoms with Crippen LogP contribution in [-0.2, 0) is 9.36 Å². The molecule has 0 aromatic rings. The van der Waals surface area contributed by atoms with Crippen molar-refractivity contribution in [1.29, 1.82) is 0 Å². The molecule has 0 amide bonds. The number of rotatable bonds is 5. The maximum Gasteiger partial charge on any atom is 0.368 e. The zero-order chi connectivity index (χ0) is 10.7. The Morgan fingerprint density at radius 2 is 1.92 bits per heavy atom. The first kappa shape index (κ1) is 12.6. The third-order valence-corrected chi connectivity index (χ3v) is 3.08. The van der Waals surface area contributed by atoms with Gasteiger partial charge in [0.1, 0.15) is 0 Å². The molecule has 0 fully saturated rings. The van der Waals surface area contributed by atoms with Crippen LogP contribution >= 0.6 is 7.60 Å². The molecule has 0 saturated carbocycles. The van der Waals surface area contributed by atoms with E-state index in [0.717, 1.165) is 0 Å². The van der Waals surface area contributed by atoms with Gasteiger partial charge in [0.25, 0.3) is 5.34 Å². The molecular formula is C6H13O6P. The Kier molecular flexibility index (Phi) is 4.06. The standard InChI is InChI=1S/C6H13O6P/c1-2-3-4-6(9,5(7)8)13(10,11)12/h9H,2-4H2,1H3,(H,7,8)(H2,10,11,12). The molecule has 0 rings (SSSR count). The van der Waals surface area contributed by atoms with Gasteiger partial charge in [-0.05, 0) is 12.8 Å². The van der Waals surface area contributed by atoms with E-state index >= 15 is 0 Å². The minimum absolute atomic E-state index is 0.244. The molecule has 0 aliphatic heterocycles. The molecule has 1 atom stereocenters. The van der Waals surface area contributed by atoms with E-state index in [9.17, 15) is 14.5 Å². The third kappa shape index (κ3) is 2.77. The van der Waals surface area contributed by atoms with E-state index in [4.69, 9.17) is 14.9 Å². The monoisotopic (exact) mass is 212 g/mol. The van der Waals surface area contributed by atoms with Crippen molar-refractivity contribution in [2.45, 2.75) is 31.5 Å². The van der Waals surface area contributed by atoms with Crippen LogP contribution in [0.1, 0.15) is 26.2 Å². The van der Waals surface area contributed by atoms with Gasteiger partial charge in [-0.25, -0.2) is 4.79 Å². The highest BCUT2D eigenvalue weighted by molar-refractivity contribution is 7.54. The Bertz CT molecular complexity index is 233. The first-order chi connectivity index (χ1) is 5.75. The molecule has 4 N–H and O–H groups in total. The molecule has 0 aliphatic rings. The van der Waals surface area contributed by atoms with Crippen LogP contribution < -0.4 is 0 Å². The zero-order valence-corrected chi connectivity index (χ0v) is 8.07. The topological polar surface area (TPSA) is 115 Å². The van der Waals surface area contributed by atoms with E-state index < -0.39 is 25.3 Å². The minimum Gasteiger partial charge on any atom is -0.479 e. The Hall–Kier alpha value is -0.420. The molecule has 0 aromatic heterocycles. The fourth-order valence-corrected chi connectivity index (χ4v) is 1.50. The van der Waals surface area contributed by atoms with E-state index in [1.54, 1.807) is 6.92 Å². The highest BCUT2D eigenvalue weighted by atomic mass is 31.2. The largest absolute Gasteiger partial charge is 0.479 e. The van der Waals surface area contributed by atoms with Gasteiger partial charge in [0.15, 0.2) is 0 Å². The highest BCUT2D eigenvalue weighted by Gasteiger charge is 2.51. The summed E-state index contributed by atoms with van der Waals surface area (Å²) in [5.41, 5.74) is 0. The van der Waals surface area contributed by atoms with Crippen LogP contribution in [0.3, 0.4) is 0 Å². The number of carbonyl (C=O) groups is 1. The van der Waals surface area contributed by atoms with Gasteiger partial charge in [0, 0.05) is 0 Å². The fourth-order valence-electron chi connectivity index (χ4n) is 0.800. The second-order valence-corrected chi connectivity index (χ2v) is 4.60. The molecule has 0 aliphatic carbocycles. The van der Waals surface area contributed by atoms with Crippen molar-refractivity contribution >= 4 is 13.6 Å². The van der Waals surface area contributed by atoms with E-state index in [0.29, 0.717) is 6.42 Å². The smallest absolute Gasteiger partial charge is 0.368 e. The minimum atomic E-state index is -5.02. The summed E-state index contributed by atoms with van der Waals surface area (Å²) >= 11 is 0. The summed E-state index contributed by atoms with van der Waals surface area (Å²) < 4.78 is 10.7. The Morgan fingerprint density at radius 3 is 2.15 bits per heavy atom. The lowest BCUT2D eigenvalue weighted by molar-refractivity contribution is -0.152. The number of hydrogen-bond acceptors (Lipinski definition) is 3. The summed E-state index contributed by atoms with van der Waals surface area (Å²) in [6.07, 6.45) is 0.354.